The first-order chi connectivity index (χ1) is 8.52. The lowest BCUT2D eigenvalue weighted by Crippen LogP contribution is -2.06. The van der Waals surface area contributed by atoms with E-state index in [2.05, 4.69) is 26.6 Å². The quantitative estimate of drug-likeness (QED) is 0.594. The van der Waals surface area contributed by atoms with E-state index in [1.807, 2.05) is 26.0 Å². The summed E-state index contributed by atoms with van der Waals surface area (Å²) in [7, 11) is 0. The van der Waals surface area contributed by atoms with Crippen LogP contribution in [0.2, 0.25) is 0 Å². The van der Waals surface area contributed by atoms with E-state index in [1.54, 1.807) is 11.3 Å². The van der Waals surface area contributed by atoms with Crippen LogP contribution in [0.5, 0.6) is 0 Å². The first-order valence-electron chi connectivity index (χ1n) is 5.53. The van der Waals surface area contributed by atoms with Crippen molar-refractivity contribution in [3.05, 3.63) is 43.8 Å². The van der Waals surface area contributed by atoms with Gasteiger partial charge in [0.2, 0.25) is 0 Å². The van der Waals surface area contributed by atoms with Crippen molar-refractivity contribution in [2.75, 3.05) is 5.88 Å². The molecule has 96 valence electrons. The molecule has 5 heteroatoms. The van der Waals surface area contributed by atoms with Gasteiger partial charge in [0.1, 0.15) is 0 Å². The number of aryl methyl sites for hydroxylation is 1. The van der Waals surface area contributed by atoms with Gasteiger partial charge in [-0.3, -0.25) is 4.79 Å². The van der Waals surface area contributed by atoms with E-state index in [9.17, 15) is 4.79 Å². The molecule has 0 saturated carbocycles. The summed E-state index contributed by atoms with van der Waals surface area (Å²) < 4.78 is 3.27. The number of nitrogens with zero attached hydrogens (tertiary/aromatic N) is 1. The Morgan fingerprint density at radius 3 is 2.72 bits per heavy atom. The van der Waals surface area contributed by atoms with Crippen molar-refractivity contribution in [3.63, 3.8) is 0 Å². The molecule has 0 aromatic carbocycles. The average molecular weight is 347 g/mol. The van der Waals surface area contributed by atoms with Crippen LogP contribution < -0.4 is 0 Å². The average Bonchev–Trinajstić information content (AvgIpc) is 2.87. The van der Waals surface area contributed by atoms with Crippen molar-refractivity contribution < 1.29 is 4.79 Å². The first-order valence-corrected chi connectivity index (χ1v) is 7.67. The van der Waals surface area contributed by atoms with Gasteiger partial charge < -0.3 is 4.57 Å². The van der Waals surface area contributed by atoms with Gasteiger partial charge in [0.25, 0.3) is 0 Å². The largest absolute Gasteiger partial charge is 0.343 e. The molecule has 0 unspecified atom stereocenters. The number of hydrogen-bond acceptors (Lipinski definition) is 2. The number of carbonyl (C=O) groups is 1. The van der Waals surface area contributed by atoms with Crippen LogP contribution in [0.4, 0.5) is 0 Å². The smallest absolute Gasteiger partial charge is 0.179 e. The molecular formula is C13H13BrClNOS. The molecule has 0 aliphatic heterocycles. The number of ketones is 1. The first kappa shape index (κ1) is 13.8. The van der Waals surface area contributed by atoms with Gasteiger partial charge in [0.05, 0.1) is 16.2 Å². The van der Waals surface area contributed by atoms with Gasteiger partial charge in [0.15, 0.2) is 5.78 Å². The Balaban J connectivity index is 2.34. The molecule has 2 rings (SSSR count). The third-order valence-corrected chi connectivity index (χ3v) is 4.79. The topological polar surface area (TPSA) is 22.0 Å². The second kappa shape index (κ2) is 5.59. The zero-order valence-corrected chi connectivity index (χ0v) is 13.3. The summed E-state index contributed by atoms with van der Waals surface area (Å²) in [6, 6.07) is 6.05. The minimum absolute atomic E-state index is 0.0108. The Morgan fingerprint density at radius 1 is 1.44 bits per heavy atom. The Hall–Kier alpha value is -0.580. The maximum absolute atomic E-state index is 11.7. The molecule has 2 nitrogen and oxygen atoms in total. The van der Waals surface area contributed by atoms with Crippen molar-refractivity contribution in [1.82, 2.24) is 4.57 Å². The highest BCUT2D eigenvalue weighted by Crippen LogP contribution is 2.25. The summed E-state index contributed by atoms with van der Waals surface area (Å²) in [6.45, 7) is 4.78. The number of halogens is 2. The molecule has 0 bridgehead atoms. The third kappa shape index (κ3) is 2.71. The molecule has 2 heterocycles. The molecule has 0 atom stereocenters. The summed E-state index contributed by atoms with van der Waals surface area (Å²) in [5.41, 5.74) is 2.81. The Labute approximate surface area is 124 Å². The van der Waals surface area contributed by atoms with Crippen LogP contribution in [0.15, 0.2) is 22.0 Å². The lowest BCUT2D eigenvalue weighted by atomic mass is 10.2. The highest BCUT2D eigenvalue weighted by Gasteiger charge is 2.15. The molecule has 0 aliphatic rings. The van der Waals surface area contributed by atoms with Gasteiger partial charge in [-0.25, -0.2) is 0 Å². The van der Waals surface area contributed by atoms with E-state index in [0.717, 1.165) is 27.3 Å². The molecule has 2 aromatic rings. The number of aromatic nitrogens is 1. The number of Topliss-reactive ketones (excluding diaryl/α,β-unsaturated/α-hetero) is 1. The molecule has 0 aliphatic carbocycles. The summed E-state index contributed by atoms with van der Waals surface area (Å²) in [5, 5.41) is 0. The Bertz CT molecular complexity index is 588. The predicted octanol–water partition coefficient (Wildman–Crippen LogP) is 4.40. The van der Waals surface area contributed by atoms with Gasteiger partial charge in [-0.1, -0.05) is 0 Å². The lowest BCUT2D eigenvalue weighted by Gasteiger charge is -2.07. The van der Waals surface area contributed by atoms with Crippen molar-refractivity contribution in [1.29, 1.82) is 0 Å². The summed E-state index contributed by atoms with van der Waals surface area (Å²) in [4.78, 5) is 13.0. The van der Waals surface area contributed by atoms with Crippen molar-refractivity contribution in [2.24, 2.45) is 0 Å². The SMILES string of the molecule is Cc1cc(C(=O)CCl)c(C)n1Cc1ccc(Br)s1. The molecule has 0 amide bonds. The predicted molar refractivity (Wildman–Crippen MR) is 80.1 cm³/mol. The lowest BCUT2D eigenvalue weighted by molar-refractivity contribution is 0.102. The number of hydrogen-bond donors (Lipinski definition) is 0. The van der Waals surface area contributed by atoms with Gasteiger partial charge in [-0.15, -0.1) is 22.9 Å². The molecular weight excluding hydrogens is 334 g/mol. The molecule has 0 N–H and O–H groups in total. The number of thiophene rings is 1. The summed E-state index contributed by atoms with van der Waals surface area (Å²) in [5.74, 6) is 0.0258. The third-order valence-electron chi connectivity index (χ3n) is 2.94. The van der Waals surface area contributed by atoms with Crippen LogP contribution in [0, 0.1) is 13.8 Å². The van der Waals surface area contributed by atoms with Crippen LogP contribution in [0.3, 0.4) is 0 Å². The van der Waals surface area contributed by atoms with Gasteiger partial charge in [-0.05, 0) is 48.0 Å². The fraction of sp³-hybridized carbons (Fsp3) is 0.308. The second-order valence-electron chi connectivity index (χ2n) is 4.13. The minimum Gasteiger partial charge on any atom is -0.343 e. The second-order valence-corrected chi connectivity index (χ2v) is 6.95. The molecule has 2 aromatic heterocycles. The zero-order valence-electron chi connectivity index (χ0n) is 10.2. The van der Waals surface area contributed by atoms with Crippen LogP contribution >= 0.6 is 38.9 Å². The Morgan fingerprint density at radius 2 is 2.17 bits per heavy atom. The van der Waals surface area contributed by atoms with E-state index >= 15 is 0 Å². The fourth-order valence-corrected chi connectivity index (χ4v) is 3.61. The van der Waals surface area contributed by atoms with Crippen molar-refractivity contribution >= 4 is 44.7 Å². The van der Waals surface area contributed by atoms with Crippen molar-refractivity contribution in [2.45, 2.75) is 20.4 Å². The van der Waals surface area contributed by atoms with Crippen molar-refractivity contribution in [3.8, 4) is 0 Å². The fourth-order valence-electron chi connectivity index (χ4n) is 1.99. The van der Waals surface area contributed by atoms with Crippen LogP contribution in [-0.4, -0.2) is 16.2 Å². The molecule has 0 radical (unpaired) electrons. The molecule has 0 fully saturated rings. The van der Waals surface area contributed by atoms with Crippen LogP contribution in [0.25, 0.3) is 0 Å². The van der Waals surface area contributed by atoms with Crippen LogP contribution in [-0.2, 0) is 6.54 Å². The zero-order chi connectivity index (χ0) is 13.3. The van der Waals surface area contributed by atoms with E-state index in [4.69, 9.17) is 11.6 Å². The standard InChI is InChI=1S/C13H13BrClNOS/c1-8-5-11(12(17)6-15)9(2)16(8)7-10-3-4-13(14)18-10/h3-5H,6-7H2,1-2H3. The normalized spacial score (nSPS) is 10.9. The van der Waals surface area contributed by atoms with Gasteiger partial charge in [-0.2, -0.15) is 0 Å². The summed E-state index contributed by atoms with van der Waals surface area (Å²) in [6.07, 6.45) is 0. The maximum Gasteiger partial charge on any atom is 0.179 e. The minimum atomic E-state index is -0.0108. The maximum atomic E-state index is 11.7. The van der Waals surface area contributed by atoms with E-state index in [0.29, 0.717) is 0 Å². The monoisotopic (exact) mass is 345 g/mol. The molecule has 18 heavy (non-hydrogen) atoms. The highest BCUT2D eigenvalue weighted by molar-refractivity contribution is 9.11. The summed E-state index contributed by atoms with van der Waals surface area (Å²) >= 11 is 10.8. The Kier molecular flexibility index (Phi) is 4.30. The highest BCUT2D eigenvalue weighted by atomic mass is 79.9. The van der Waals surface area contributed by atoms with Crippen LogP contribution in [0.1, 0.15) is 26.6 Å². The van der Waals surface area contributed by atoms with Gasteiger partial charge in [0, 0.05) is 21.8 Å². The van der Waals surface area contributed by atoms with Gasteiger partial charge >= 0.3 is 0 Å². The van der Waals surface area contributed by atoms with E-state index in [1.165, 1.54) is 4.88 Å². The van der Waals surface area contributed by atoms with E-state index < -0.39 is 0 Å². The molecule has 0 spiro atoms. The number of carbonyl (C=O) groups excluding carboxylic acids is 1. The number of rotatable bonds is 4. The molecule has 0 saturated heterocycles. The van der Waals surface area contributed by atoms with E-state index in [-0.39, 0.29) is 11.7 Å². The number of alkyl halides is 1.